The third kappa shape index (κ3) is 6.10. The second-order valence-corrected chi connectivity index (χ2v) is 5.07. The van der Waals surface area contributed by atoms with Crippen LogP contribution >= 0.6 is 0 Å². The minimum atomic E-state index is -0.509. The van der Waals surface area contributed by atoms with Gasteiger partial charge in [0.15, 0.2) is 0 Å². The van der Waals surface area contributed by atoms with E-state index in [1.165, 1.54) is 12.8 Å². The number of aliphatic hydroxyl groups is 1. The molecular weight excluding hydrogens is 192 g/mol. The van der Waals surface area contributed by atoms with Gasteiger partial charge < -0.3 is 20.5 Å². The Bertz CT molecular complexity index is 181. The quantitative estimate of drug-likeness (QED) is 0.563. The lowest BCUT2D eigenvalue weighted by atomic mass is 10.1. The van der Waals surface area contributed by atoms with Crippen LogP contribution in [-0.2, 0) is 4.74 Å². The molecule has 0 radical (unpaired) electrons. The van der Waals surface area contributed by atoms with Gasteiger partial charge in [0, 0.05) is 25.2 Å². The number of nitrogens with two attached hydrogens (primary N) is 1. The predicted octanol–water partition coefficient (Wildman–Crippen LogP) is 0.0545. The first-order chi connectivity index (χ1) is 7.03. The van der Waals surface area contributed by atoms with Gasteiger partial charge in [-0.1, -0.05) is 0 Å². The highest BCUT2D eigenvalue weighted by atomic mass is 16.5. The van der Waals surface area contributed by atoms with Gasteiger partial charge in [-0.3, -0.25) is 0 Å². The van der Waals surface area contributed by atoms with Crippen LogP contribution in [0.25, 0.3) is 0 Å². The van der Waals surface area contributed by atoms with E-state index in [-0.39, 0.29) is 6.61 Å². The molecule has 0 bridgehead atoms. The number of hydrogen-bond donors (Lipinski definition) is 2. The number of rotatable bonds is 8. The SMILES string of the molecule is CN(CCOCC1CC1)CC(C)(N)CO. The van der Waals surface area contributed by atoms with E-state index in [1.807, 2.05) is 14.0 Å². The van der Waals surface area contributed by atoms with Crippen LogP contribution in [0.5, 0.6) is 0 Å². The Morgan fingerprint density at radius 2 is 2.20 bits per heavy atom. The molecule has 1 atom stereocenters. The fraction of sp³-hybridized carbons (Fsp3) is 1.00. The van der Waals surface area contributed by atoms with Gasteiger partial charge in [-0.05, 0) is 32.7 Å². The summed E-state index contributed by atoms with van der Waals surface area (Å²) in [6.07, 6.45) is 2.67. The number of likely N-dealkylation sites (N-methyl/N-ethyl adjacent to an activating group) is 1. The summed E-state index contributed by atoms with van der Waals surface area (Å²) in [5, 5.41) is 9.01. The normalized spacial score (nSPS) is 20.6. The molecular formula is C11H24N2O2. The van der Waals surface area contributed by atoms with Gasteiger partial charge >= 0.3 is 0 Å². The van der Waals surface area contributed by atoms with E-state index >= 15 is 0 Å². The lowest BCUT2D eigenvalue weighted by molar-refractivity contribution is 0.0906. The summed E-state index contributed by atoms with van der Waals surface area (Å²) in [4.78, 5) is 2.10. The number of nitrogens with zero attached hydrogens (tertiary/aromatic N) is 1. The van der Waals surface area contributed by atoms with Gasteiger partial charge in [-0.15, -0.1) is 0 Å². The van der Waals surface area contributed by atoms with Crippen molar-refractivity contribution in [2.45, 2.75) is 25.3 Å². The van der Waals surface area contributed by atoms with Crippen LogP contribution in [0.2, 0.25) is 0 Å². The minimum Gasteiger partial charge on any atom is -0.394 e. The Kier molecular flexibility index (Phi) is 4.99. The molecule has 0 aromatic carbocycles. The zero-order valence-electron chi connectivity index (χ0n) is 9.91. The molecule has 0 saturated heterocycles. The molecule has 1 fully saturated rings. The summed E-state index contributed by atoms with van der Waals surface area (Å²) in [5.74, 6) is 0.826. The van der Waals surface area contributed by atoms with Crippen LogP contribution in [0, 0.1) is 5.92 Å². The molecule has 0 aromatic heterocycles. The van der Waals surface area contributed by atoms with Crippen molar-refractivity contribution >= 4 is 0 Å². The standard InChI is InChI=1S/C11H24N2O2/c1-11(12,9-14)8-13(2)5-6-15-7-10-3-4-10/h10,14H,3-9,12H2,1-2H3. The molecule has 0 heterocycles. The van der Waals surface area contributed by atoms with Crippen LogP contribution < -0.4 is 5.73 Å². The third-order valence-electron chi connectivity index (χ3n) is 2.66. The molecule has 1 rings (SSSR count). The van der Waals surface area contributed by atoms with Crippen molar-refractivity contribution in [1.29, 1.82) is 0 Å². The largest absolute Gasteiger partial charge is 0.394 e. The number of hydrogen-bond acceptors (Lipinski definition) is 4. The monoisotopic (exact) mass is 216 g/mol. The Labute approximate surface area is 92.4 Å². The topological polar surface area (TPSA) is 58.7 Å². The van der Waals surface area contributed by atoms with Crippen molar-refractivity contribution < 1.29 is 9.84 Å². The first-order valence-corrected chi connectivity index (χ1v) is 5.69. The summed E-state index contributed by atoms with van der Waals surface area (Å²) >= 11 is 0. The van der Waals surface area contributed by atoms with Crippen molar-refractivity contribution in [3.63, 3.8) is 0 Å². The first kappa shape index (κ1) is 12.9. The average Bonchev–Trinajstić information content (AvgIpc) is 2.95. The second kappa shape index (κ2) is 5.80. The lowest BCUT2D eigenvalue weighted by Gasteiger charge is -2.28. The van der Waals surface area contributed by atoms with Gasteiger partial charge in [0.05, 0.1) is 13.2 Å². The van der Waals surface area contributed by atoms with E-state index in [0.29, 0.717) is 6.54 Å². The highest BCUT2D eigenvalue weighted by Gasteiger charge is 2.21. The number of aliphatic hydroxyl groups excluding tert-OH is 1. The molecule has 15 heavy (non-hydrogen) atoms. The molecule has 0 aliphatic heterocycles. The van der Waals surface area contributed by atoms with Crippen LogP contribution in [0.15, 0.2) is 0 Å². The summed E-state index contributed by atoms with van der Waals surface area (Å²) in [6.45, 7) is 5.10. The molecule has 1 unspecified atom stereocenters. The Morgan fingerprint density at radius 3 is 2.73 bits per heavy atom. The van der Waals surface area contributed by atoms with Crippen LogP contribution in [0.3, 0.4) is 0 Å². The van der Waals surface area contributed by atoms with Crippen molar-refractivity contribution in [1.82, 2.24) is 4.90 Å². The van der Waals surface area contributed by atoms with Gasteiger partial charge in [-0.25, -0.2) is 0 Å². The van der Waals surface area contributed by atoms with Gasteiger partial charge in [0.2, 0.25) is 0 Å². The first-order valence-electron chi connectivity index (χ1n) is 5.69. The zero-order valence-corrected chi connectivity index (χ0v) is 9.91. The molecule has 1 aliphatic carbocycles. The fourth-order valence-electron chi connectivity index (χ4n) is 1.50. The summed E-state index contributed by atoms with van der Waals surface area (Å²) < 4.78 is 5.53. The van der Waals surface area contributed by atoms with Crippen LogP contribution in [0.1, 0.15) is 19.8 Å². The highest BCUT2D eigenvalue weighted by Crippen LogP contribution is 2.28. The Morgan fingerprint density at radius 1 is 1.53 bits per heavy atom. The van der Waals surface area contributed by atoms with E-state index in [4.69, 9.17) is 15.6 Å². The zero-order chi connectivity index (χ0) is 11.3. The fourth-order valence-corrected chi connectivity index (χ4v) is 1.50. The van der Waals surface area contributed by atoms with Crippen molar-refractivity contribution in [2.24, 2.45) is 11.7 Å². The van der Waals surface area contributed by atoms with Crippen LogP contribution in [0.4, 0.5) is 0 Å². The Balaban J connectivity index is 1.99. The molecule has 4 heteroatoms. The molecule has 0 spiro atoms. The Hall–Kier alpha value is -0.160. The van der Waals surface area contributed by atoms with Crippen molar-refractivity contribution in [2.75, 3.05) is 40.0 Å². The third-order valence-corrected chi connectivity index (χ3v) is 2.66. The van der Waals surface area contributed by atoms with Gasteiger partial charge in [-0.2, -0.15) is 0 Å². The molecule has 0 amide bonds. The molecule has 1 saturated carbocycles. The summed E-state index contributed by atoms with van der Waals surface area (Å²) in [5.41, 5.74) is 5.34. The highest BCUT2D eigenvalue weighted by molar-refractivity contribution is 4.80. The van der Waals surface area contributed by atoms with Crippen molar-refractivity contribution in [3.05, 3.63) is 0 Å². The van der Waals surface area contributed by atoms with E-state index in [9.17, 15) is 0 Å². The maximum absolute atomic E-state index is 9.01. The molecule has 90 valence electrons. The molecule has 4 nitrogen and oxygen atoms in total. The van der Waals surface area contributed by atoms with Crippen molar-refractivity contribution in [3.8, 4) is 0 Å². The van der Waals surface area contributed by atoms with Crippen LogP contribution in [-0.4, -0.2) is 55.5 Å². The van der Waals surface area contributed by atoms with E-state index in [2.05, 4.69) is 4.90 Å². The summed E-state index contributed by atoms with van der Waals surface area (Å²) in [6, 6.07) is 0. The van der Waals surface area contributed by atoms with E-state index in [0.717, 1.165) is 25.7 Å². The van der Waals surface area contributed by atoms with E-state index < -0.39 is 5.54 Å². The average molecular weight is 216 g/mol. The van der Waals surface area contributed by atoms with E-state index in [1.54, 1.807) is 0 Å². The predicted molar refractivity (Wildman–Crippen MR) is 60.7 cm³/mol. The molecule has 3 N–H and O–H groups in total. The second-order valence-electron chi connectivity index (χ2n) is 5.07. The number of ether oxygens (including phenoxy) is 1. The smallest absolute Gasteiger partial charge is 0.0621 e. The van der Waals surface area contributed by atoms with Gasteiger partial charge in [0.25, 0.3) is 0 Å². The molecule has 0 aromatic rings. The minimum absolute atomic E-state index is 0.0142. The maximum Gasteiger partial charge on any atom is 0.0621 e. The summed E-state index contributed by atoms with van der Waals surface area (Å²) in [7, 11) is 2.00. The maximum atomic E-state index is 9.01. The lowest BCUT2D eigenvalue weighted by Crippen LogP contribution is -2.50. The van der Waals surface area contributed by atoms with Gasteiger partial charge in [0.1, 0.15) is 0 Å². The molecule has 1 aliphatic rings.